The van der Waals surface area contributed by atoms with Crippen molar-refractivity contribution in [3.63, 3.8) is 0 Å². The normalized spacial score (nSPS) is 10.7. The van der Waals surface area contributed by atoms with E-state index in [1.165, 1.54) is 6.92 Å². The highest BCUT2D eigenvalue weighted by Gasteiger charge is 2.02. The van der Waals surface area contributed by atoms with Gasteiger partial charge in [-0.15, -0.1) is 0 Å². The van der Waals surface area contributed by atoms with Gasteiger partial charge in [0.15, 0.2) is 5.78 Å². The molecule has 1 aromatic carbocycles. The van der Waals surface area contributed by atoms with Crippen LogP contribution in [0.5, 0.6) is 0 Å². The van der Waals surface area contributed by atoms with Crippen molar-refractivity contribution in [1.82, 2.24) is 5.32 Å². The van der Waals surface area contributed by atoms with Crippen LogP contribution >= 0.6 is 0 Å². The maximum atomic E-state index is 11.5. The van der Waals surface area contributed by atoms with Crippen LogP contribution in [0.15, 0.2) is 36.5 Å². The zero-order valence-corrected chi connectivity index (χ0v) is 10.9. The molecule has 0 aliphatic carbocycles. The molecule has 0 unspecified atom stereocenters. The molecule has 0 heterocycles. The second kappa shape index (κ2) is 6.59. The van der Waals surface area contributed by atoms with Crippen LogP contribution in [-0.2, 0) is 0 Å². The Bertz CT molecular complexity index is 465. The SMILES string of the molecule is CC(=O)c1cccc(NC(=O)N/C=C/C(C)C)c1. The number of hydrogen-bond acceptors (Lipinski definition) is 2. The van der Waals surface area contributed by atoms with Crippen LogP contribution < -0.4 is 10.6 Å². The van der Waals surface area contributed by atoms with Crippen LogP contribution in [0, 0.1) is 5.92 Å². The molecule has 0 atom stereocenters. The summed E-state index contributed by atoms with van der Waals surface area (Å²) in [6, 6.07) is 6.50. The molecule has 96 valence electrons. The Hall–Kier alpha value is -2.10. The number of anilines is 1. The van der Waals surface area contributed by atoms with Crippen LogP contribution in [-0.4, -0.2) is 11.8 Å². The number of carbonyl (C=O) groups is 2. The minimum Gasteiger partial charge on any atom is -0.315 e. The second-order valence-corrected chi connectivity index (χ2v) is 4.34. The van der Waals surface area contributed by atoms with Gasteiger partial charge in [-0.1, -0.05) is 32.1 Å². The van der Waals surface area contributed by atoms with Gasteiger partial charge in [-0.05, 0) is 25.0 Å². The third-order valence-electron chi connectivity index (χ3n) is 2.22. The number of benzene rings is 1. The molecule has 0 aromatic heterocycles. The van der Waals surface area contributed by atoms with Gasteiger partial charge in [0, 0.05) is 17.5 Å². The van der Waals surface area contributed by atoms with Gasteiger partial charge < -0.3 is 10.6 Å². The second-order valence-electron chi connectivity index (χ2n) is 4.34. The van der Waals surface area contributed by atoms with Crippen molar-refractivity contribution in [2.45, 2.75) is 20.8 Å². The molecule has 2 amide bonds. The Morgan fingerprint density at radius 2 is 2.00 bits per heavy atom. The molecule has 0 saturated heterocycles. The van der Waals surface area contributed by atoms with Gasteiger partial charge in [0.25, 0.3) is 0 Å². The van der Waals surface area contributed by atoms with Crippen molar-refractivity contribution in [2.24, 2.45) is 5.92 Å². The topological polar surface area (TPSA) is 58.2 Å². The first-order valence-electron chi connectivity index (χ1n) is 5.84. The average molecular weight is 246 g/mol. The summed E-state index contributed by atoms with van der Waals surface area (Å²) in [7, 11) is 0. The molecule has 0 radical (unpaired) electrons. The first-order valence-corrected chi connectivity index (χ1v) is 5.84. The van der Waals surface area contributed by atoms with Gasteiger partial charge in [-0.25, -0.2) is 4.79 Å². The fraction of sp³-hybridized carbons (Fsp3) is 0.286. The van der Waals surface area contributed by atoms with E-state index < -0.39 is 0 Å². The lowest BCUT2D eigenvalue weighted by atomic mass is 10.1. The number of amides is 2. The Balaban J connectivity index is 2.59. The summed E-state index contributed by atoms with van der Waals surface area (Å²) in [5.74, 6) is 0.352. The number of Topliss-reactive ketones (excluding diaryl/α,β-unsaturated/α-hetero) is 1. The molecular formula is C14H18N2O2. The molecule has 1 aromatic rings. The molecule has 4 heteroatoms. The number of nitrogens with one attached hydrogen (secondary N) is 2. The zero-order chi connectivity index (χ0) is 13.5. The molecule has 2 N–H and O–H groups in total. The summed E-state index contributed by atoms with van der Waals surface area (Å²) < 4.78 is 0. The highest BCUT2D eigenvalue weighted by atomic mass is 16.2. The maximum Gasteiger partial charge on any atom is 0.323 e. The van der Waals surface area contributed by atoms with Gasteiger partial charge in [-0.2, -0.15) is 0 Å². The first-order chi connectivity index (χ1) is 8.49. The zero-order valence-electron chi connectivity index (χ0n) is 10.9. The molecule has 18 heavy (non-hydrogen) atoms. The van der Waals surface area contributed by atoms with Gasteiger partial charge >= 0.3 is 6.03 Å². The lowest BCUT2D eigenvalue weighted by Gasteiger charge is -2.06. The van der Waals surface area contributed by atoms with E-state index in [1.807, 2.05) is 19.9 Å². The van der Waals surface area contributed by atoms with Crippen LogP contribution in [0.1, 0.15) is 31.1 Å². The number of urea groups is 1. The van der Waals surface area contributed by atoms with E-state index in [9.17, 15) is 9.59 Å². The van der Waals surface area contributed by atoms with Crippen LogP contribution in [0.3, 0.4) is 0 Å². The van der Waals surface area contributed by atoms with E-state index in [-0.39, 0.29) is 11.8 Å². The lowest BCUT2D eigenvalue weighted by Crippen LogP contribution is -2.24. The molecule has 0 bridgehead atoms. The molecule has 0 saturated carbocycles. The standard InChI is InChI=1S/C14H18N2O2/c1-10(2)7-8-15-14(18)16-13-6-4-5-12(9-13)11(3)17/h4-10H,1-3H3,(H2,15,16,18)/b8-7+. The van der Waals surface area contributed by atoms with Crippen molar-refractivity contribution in [1.29, 1.82) is 0 Å². The summed E-state index contributed by atoms with van der Waals surface area (Å²) in [6.45, 7) is 5.53. The Labute approximate surface area is 107 Å². The molecule has 1 rings (SSSR count). The Kier molecular flexibility index (Phi) is 5.11. The van der Waals surface area contributed by atoms with E-state index in [0.717, 1.165) is 0 Å². The van der Waals surface area contributed by atoms with Crippen LogP contribution in [0.2, 0.25) is 0 Å². The molecule has 0 aliphatic rings. The maximum absolute atomic E-state index is 11.5. The molecule has 4 nitrogen and oxygen atoms in total. The Morgan fingerprint density at radius 3 is 2.61 bits per heavy atom. The number of carbonyl (C=O) groups excluding carboxylic acids is 2. The summed E-state index contributed by atoms with van der Waals surface area (Å²) >= 11 is 0. The van der Waals surface area contributed by atoms with Crippen molar-refractivity contribution < 1.29 is 9.59 Å². The highest BCUT2D eigenvalue weighted by Crippen LogP contribution is 2.10. The minimum absolute atomic E-state index is 0.0289. The lowest BCUT2D eigenvalue weighted by molar-refractivity contribution is 0.101. The number of allylic oxidation sites excluding steroid dienone is 1. The van der Waals surface area contributed by atoms with Gasteiger partial charge in [0.2, 0.25) is 0 Å². The predicted octanol–water partition coefficient (Wildman–Crippen LogP) is 3.18. The van der Waals surface area contributed by atoms with E-state index in [0.29, 0.717) is 17.2 Å². The number of rotatable bonds is 4. The smallest absolute Gasteiger partial charge is 0.315 e. The monoisotopic (exact) mass is 246 g/mol. The fourth-order valence-corrected chi connectivity index (χ4v) is 1.30. The van der Waals surface area contributed by atoms with E-state index in [4.69, 9.17) is 0 Å². The van der Waals surface area contributed by atoms with Gasteiger partial charge in [0.05, 0.1) is 0 Å². The highest BCUT2D eigenvalue weighted by molar-refractivity contribution is 5.96. The largest absolute Gasteiger partial charge is 0.323 e. The van der Waals surface area contributed by atoms with Crippen molar-refractivity contribution >= 4 is 17.5 Å². The summed E-state index contributed by atoms with van der Waals surface area (Å²) in [4.78, 5) is 22.7. The third kappa shape index (κ3) is 4.82. The third-order valence-corrected chi connectivity index (χ3v) is 2.22. The van der Waals surface area contributed by atoms with Crippen molar-refractivity contribution in [3.05, 3.63) is 42.1 Å². The molecular weight excluding hydrogens is 228 g/mol. The quantitative estimate of drug-likeness (QED) is 0.801. The molecule has 0 spiro atoms. The average Bonchev–Trinajstić information content (AvgIpc) is 2.28. The summed E-state index contributed by atoms with van der Waals surface area (Å²) in [5.41, 5.74) is 1.17. The van der Waals surface area contributed by atoms with E-state index >= 15 is 0 Å². The first kappa shape index (κ1) is 14.0. The van der Waals surface area contributed by atoms with Crippen LogP contribution in [0.25, 0.3) is 0 Å². The fourth-order valence-electron chi connectivity index (χ4n) is 1.30. The molecule has 0 fully saturated rings. The van der Waals surface area contributed by atoms with Gasteiger partial charge in [-0.3, -0.25) is 4.79 Å². The predicted molar refractivity (Wildman–Crippen MR) is 72.6 cm³/mol. The number of ketones is 1. The van der Waals surface area contributed by atoms with E-state index in [1.54, 1.807) is 30.5 Å². The summed E-state index contributed by atoms with van der Waals surface area (Å²) in [6.07, 6.45) is 3.49. The van der Waals surface area contributed by atoms with Crippen LogP contribution in [0.4, 0.5) is 10.5 Å². The van der Waals surface area contributed by atoms with Crippen molar-refractivity contribution in [3.8, 4) is 0 Å². The van der Waals surface area contributed by atoms with Gasteiger partial charge in [0.1, 0.15) is 0 Å². The minimum atomic E-state index is -0.326. The number of hydrogen-bond donors (Lipinski definition) is 2. The summed E-state index contributed by atoms with van der Waals surface area (Å²) in [5, 5.41) is 5.25. The Morgan fingerprint density at radius 1 is 1.28 bits per heavy atom. The molecule has 0 aliphatic heterocycles. The van der Waals surface area contributed by atoms with Crippen molar-refractivity contribution in [2.75, 3.05) is 5.32 Å². The van der Waals surface area contributed by atoms with E-state index in [2.05, 4.69) is 10.6 Å².